The summed E-state index contributed by atoms with van der Waals surface area (Å²) in [5.41, 5.74) is 9.28. The molecule has 2 heterocycles. The smallest absolute Gasteiger partial charge is 0.259 e. The maximum Gasteiger partial charge on any atom is 0.259 e. The quantitative estimate of drug-likeness (QED) is 0.169. The molecular weight excluding hydrogens is 643 g/mol. The zero-order chi connectivity index (χ0) is 33.4. The molecule has 0 amide bonds. The highest BCUT2D eigenvalue weighted by Gasteiger charge is 2.54. The highest BCUT2D eigenvalue weighted by Crippen LogP contribution is 2.56. The Bertz CT molecular complexity index is 2160. The number of aliphatic imine (C=N–C) groups is 2. The summed E-state index contributed by atoms with van der Waals surface area (Å²) in [7, 11) is 2.12. The molecule has 1 atom stereocenters. The van der Waals surface area contributed by atoms with Crippen molar-refractivity contribution in [2.24, 2.45) is 9.98 Å². The lowest BCUT2D eigenvalue weighted by Crippen LogP contribution is -2.44. The molecule has 6 aromatic rings. The lowest BCUT2D eigenvalue weighted by molar-refractivity contribution is 0.0778. The van der Waals surface area contributed by atoms with Gasteiger partial charge < -0.3 is 4.90 Å². The van der Waals surface area contributed by atoms with E-state index in [1.807, 2.05) is 91.0 Å². The van der Waals surface area contributed by atoms with Crippen LogP contribution >= 0.6 is 23.2 Å². The number of hydrogen-bond donors (Lipinski definition) is 0. The minimum Gasteiger partial charge on any atom is -0.348 e. The van der Waals surface area contributed by atoms with Gasteiger partial charge in [-0.25, -0.2) is 9.98 Å². The van der Waals surface area contributed by atoms with Crippen molar-refractivity contribution in [2.75, 3.05) is 7.05 Å². The van der Waals surface area contributed by atoms with E-state index in [0.29, 0.717) is 10.0 Å². The normalized spacial score (nSPS) is 16.9. The summed E-state index contributed by atoms with van der Waals surface area (Å²) in [5.74, 6) is -1.34. The first-order valence-electron chi connectivity index (χ1n) is 16.2. The zero-order valence-electron chi connectivity index (χ0n) is 26.8. The number of benzene rings is 6. The van der Waals surface area contributed by atoms with Gasteiger partial charge in [-0.3, -0.25) is 4.90 Å². The topological polar surface area (TPSA) is 31.2 Å². The summed E-state index contributed by atoms with van der Waals surface area (Å²) in [6.07, 6.45) is -0.421. The van der Waals surface area contributed by atoms with Gasteiger partial charge >= 0.3 is 0 Å². The Morgan fingerprint density at radius 1 is 0.469 bits per heavy atom. The molecule has 0 N–H and O–H groups in total. The second-order valence-electron chi connectivity index (χ2n) is 12.1. The Morgan fingerprint density at radius 3 is 1.37 bits per heavy atom. The molecule has 6 aromatic carbocycles. The zero-order valence-corrected chi connectivity index (χ0v) is 28.3. The minimum atomic E-state index is -1.34. The number of halogens is 2. The molecule has 238 valence electrons. The molecule has 0 radical (unpaired) electrons. The molecule has 2 aliphatic rings. The van der Waals surface area contributed by atoms with E-state index < -0.39 is 12.0 Å². The SMILES string of the molecule is CN1C(c2ccccc2)=C(c2ccccc2)N(C2(c3ccccc3Cl)N=C(c3ccccc3)C(c3ccccc3)=N2)C1c1ccccc1Cl. The maximum absolute atomic E-state index is 7.25. The lowest BCUT2D eigenvalue weighted by Gasteiger charge is -2.43. The number of hydrogen-bond acceptors (Lipinski definition) is 4. The Hall–Kier alpha value is -5.42. The van der Waals surface area contributed by atoms with Gasteiger partial charge in [0.2, 0.25) is 0 Å². The van der Waals surface area contributed by atoms with Crippen LogP contribution < -0.4 is 0 Å². The standard InChI is InChI=1S/C43H32Cl2N4/c1-48-40(32-22-10-4-11-23-32)41(33-24-12-5-13-25-33)49(42(48)34-26-14-16-28-36(34)44)43(35-27-15-17-29-37(35)45)46-38(30-18-6-2-7-19-30)39(47-43)31-20-8-3-9-21-31/h2-29,42H,1H3. The van der Waals surface area contributed by atoms with Crippen LogP contribution in [0.1, 0.15) is 39.5 Å². The van der Waals surface area contributed by atoms with Crippen molar-refractivity contribution in [1.82, 2.24) is 9.80 Å². The van der Waals surface area contributed by atoms with E-state index in [1.54, 1.807) is 0 Å². The van der Waals surface area contributed by atoms with Crippen LogP contribution in [0.4, 0.5) is 0 Å². The predicted molar refractivity (Wildman–Crippen MR) is 203 cm³/mol. The summed E-state index contributed by atoms with van der Waals surface area (Å²) in [5, 5.41) is 1.22. The summed E-state index contributed by atoms with van der Waals surface area (Å²) in [6.45, 7) is 0. The van der Waals surface area contributed by atoms with E-state index in [2.05, 4.69) is 95.7 Å². The van der Waals surface area contributed by atoms with Gasteiger partial charge in [0, 0.05) is 45.5 Å². The Morgan fingerprint density at radius 2 is 0.878 bits per heavy atom. The van der Waals surface area contributed by atoms with Crippen molar-refractivity contribution >= 4 is 46.0 Å². The molecule has 0 saturated carbocycles. The van der Waals surface area contributed by atoms with Crippen molar-refractivity contribution in [2.45, 2.75) is 12.0 Å². The predicted octanol–water partition coefficient (Wildman–Crippen LogP) is 10.6. The van der Waals surface area contributed by atoms with Crippen LogP contribution in [0.2, 0.25) is 10.0 Å². The molecule has 0 fully saturated rings. The van der Waals surface area contributed by atoms with E-state index in [4.69, 9.17) is 33.2 Å². The molecular formula is C43H32Cl2N4. The van der Waals surface area contributed by atoms with Crippen LogP contribution in [0, 0.1) is 0 Å². The van der Waals surface area contributed by atoms with Gasteiger partial charge in [0.1, 0.15) is 6.17 Å². The monoisotopic (exact) mass is 674 g/mol. The molecule has 0 saturated heterocycles. The van der Waals surface area contributed by atoms with Gasteiger partial charge in [-0.1, -0.05) is 181 Å². The Kier molecular flexibility index (Phi) is 8.12. The number of nitrogens with zero attached hydrogens (tertiary/aromatic N) is 4. The van der Waals surface area contributed by atoms with Crippen molar-refractivity contribution in [3.05, 3.63) is 213 Å². The first-order valence-corrected chi connectivity index (χ1v) is 17.0. The third-order valence-electron chi connectivity index (χ3n) is 9.13. The molecule has 2 aliphatic heterocycles. The van der Waals surface area contributed by atoms with E-state index in [0.717, 1.165) is 56.2 Å². The van der Waals surface area contributed by atoms with E-state index >= 15 is 0 Å². The molecule has 0 aromatic heterocycles. The molecule has 6 heteroatoms. The van der Waals surface area contributed by atoms with E-state index in [-0.39, 0.29) is 0 Å². The van der Waals surface area contributed by atoms with E-state index in [1.165, 1.54) is 0 Å². The van der Waals surface area contributed by atoms with Crippen LogP contribution in [-0.2, 0) is 5.79 Å². The first kappa shape index (κ1) is 30.9. The average molecular weight is 676 g/mol. The van der Waals surface area contributed by atoms with Crippen LogP contribution in [-0.4, -0.2) is 28.3 Å². The minimum absolute atomic E-state index is 0.421. The maximum atomic E-state index is 7.25. The summed E-state index contributed by atoms with van der Waals surface area (Å²) < 4.78 is 0. The fraction of sp³-hybridized carbons (Fsp3) is 0.0698. The van der Waals surface area contributed by atoms with Crippen molar-refractivity contribution in [3.8, 4) is 0 Å². The Labute approximate surface area is 296 Å². The third kappa shape index (κ3) is 5.34. The van der Waals surface area contributed by atoms with Crippen molar-refractivity contribution in [1.29, 1.82) is 0 Å². The van der Waals surface area contributed by atoms with Gasteiger partial charge in [-0.2, -0.15) is 0 Å². The van der Waals surface area contributed by atoms with Crippen LogP contribution in [0.15, 0.2) is 180 Å². The second-order valence-corrected chi connectivity index (χ2v) is 12.9. The van der Waals surface area contributed by atoms with Gasteiger partial charge in [0.05, 0.1) is 27.8 Å². The fourth-order valence-corrected chi connectivity index (χ4v) is 7.49. The Balaban J connectivity index is 1.53. The summed E-state index contributed by atoms with van der Waals surface area (Å²) >= 11 is 14.4. The molecule has 4 nitrogen and oxygen atoms in total. The lowest BCUT2D eigenvalue weighted by atomic mass is 10.00. The van der Waals surface area contributed by atoms with Crippen molar-refractivity contribution < 1.29 is 0 Å². The molecule has 8 rings (SSSR count). The van der Waals surface area contributed by atoms with Gasteiger partial charge in [0.25, 0.3) is 5.79 Å². The number of rotatable bonds is 7. The highest BCUT2D eigenvalue weighted by atomic mass is 35.5. The van der Waals surface area contributed by atoms with Crippen LogP contribution in [0.3, 0.4) is 0 Å². The molecule has 1 unspecified atom stereocenters. The highest BCUT2D eigenvalue weighted by molar-refractivity contribution is 6.54. The van der Waals surface area contributed by atoms with Gasteiger partial charge in [-0.15, -0.1) is 0 Å². The molecule has 0 spiro atoms. The summed E-state index contributed by atoms with van der Waals surface area (Å²) in [4.78, 5) is 16.1. The van der Waals surface area contributed by atoms with Crippen molar-refractivity contribution in [3.63, 3.8) is 0 Å². The molecule has 0 bridgehead atoms. The van der Waals surface area contributed by atoms with Crippen LogP contribution in [0.5, 0.6) is 0 Å². The van der Waals surface area contributed by atoms with Gasteiger partial charge in [0.15, 0.2) is 0 Å². The van der Waals surface area contributed by atoms with E-state index in [9.17, 15) is 0 Å². The molecule has 49 heavy (non-hydrogen) atoms. The average Bonchev–Trinajstić information content (AvgIpc) is 3.70. The van der Waals surface area contributed by atoms with Gasteiger partial charge in [-0.05, 0) is 12.1 Å². The molecule has 0 aliphatic carbocycles. The second kappa shape index (κ2) is 12.9. The third-order valence-corrected chi connectivity index (χ3v) is 9.81. The fourth-order valence-electron chi connectivity index (χ4n) is 6.99. The summed E-state index contributed by atoms with van der Waals surface area (Å²) in [6, 6.07) is 57.4. The van der Waals surface area contributed by atoms with Crippen LogP contribution in [0.25, 0.3) is 11.4 Å². The largest absolute Gasteiger partial charge is 0.348 e. The first-order chi connectivity index (χ1) is 24.1.